The number of halogens is 2. The molecule has 0 radical (unpaired) electrons. The number of hydrogen-bond acceptors (Lipinski definition) is 4. The van der Waals surface area contributed by atoms with Crippen molar-refractivity contribution >= 4 is 17.0 Å². The minimum absolute atomic E-state index is 0.114. The maximum absolute atomic E-state index is 12.6. The molecule has 0 saturated carbocycles. The fourth-order valence-corrected chi connectivity index (χ4v) is 2.70. The van der Waals surface area contributed by atoms with Crippen LogP contribution in [0.15, 0.2) is 42.5 Å². The number of fused-ring (bicyclic) bond motifs is 1. The van der Waals surface area contributed by atoms with Gasteiger partial charge in [-0.25, -0.2) is 9.78 Å². The molecule has 0 spiro atoms. The lowest BCUT2D eigenvalue weighted by Gasteiger charge is -2.13. The first-order chi connectivity index (χ1) is 12.0. The van der Waals surface area contributed by atoms with Crippen LogP contribution in [0.25, 0.3) is 11.0 Å². The summed E-state index contributed by atoms with van der Waals surface area (Å²) in [6, 6.07) is 11.6. The van der Waals surface area contributed by atoms with Crippen LogP contribution in [0, 0.1) is 6.92 Å². The van der Waals surface area contributed by atoms with Crippen LogP contribution in [0.1, 0.15) is 21.7 Å². The molecule has 0 bridgehead atoms. The van der Waals surface area contributed by atoms with E-state index in [-0.39, 0.29) is 12.3 Å². The van der Waals surface area contributed by atoms with Gasteiger partial charge in [0, 0.05) is 5.56 Å². The molecule has 130 valence electrons. The molecular formula is C18H16F2N2O3. The van der Waals surface area contributed by atoms with Gasteiger partial charge in [-0.05, 0) is 31.2 Å². The Morgan fingerprint density at radius 1 is 1.24 bits per heavy atom. The van der Waals surface area contributed by atoms with Gasteiger partial charge in [0.25, 0.3) is 0 Å². The largest absolute Gasteiger partial charge is 0.465 e. The molecule has 1 aromatic heterocycles. The van der Waals surface area contributed by atoms with Crippen LogP contribution in [0.3, 0.4) is 0 Å². The van der Waals surface area contributed by atoms with Crippen LogP contribution in [0.2, 0.25) is 0 Å². The van der Waals surface area contributed by atoms with Crippen molar-refractivity contribution < 1.29 is 23.0 Å². The molecule has 0 atom stereocenters. The number of esters is 1. The first-order valence-corrected chi connectivity index (χ1v) is 7.57. The van der Waals surface area contributed by atoms with E-state index in [1.54, 1.807) is 36.4 Å². The van der Waals surface area contributed by atoms with E-state index in [4.69, 9.17) is 4.74 Å². The first-order valence-electron chi connectivity index (χ1n) is 7.57. The number of ether oxygens (including phenoxy) is 2. The van der Waals surface area contributed by atoms with E-state index in [0.29, 0.717) is 28.0 Å². The van der Waals surface area contributed by atoms with E-state index >= 15 is 0 Å². The Morgan fingerprint density at radius 3 is 2.72 bits per heavy atom. The van der Waals surface area contributed by atoms with Gasteiger partial charge in [-0.1, -0.05) is 18.2 Å². The molecular weight excluding hydrogens is 330 g/mol. The number of aromatic nitrogens is 2. The molecule has 0 aliphatic rings. The average molecular weight is 346 g/mol. The van der Waals surface area contributed by atoms with Gasteiger partial charge < -0.3 is 14.0 Å². The number of carbonyl (C=O) groups excluding carboxylic acids is 1. The highest BCUT2D eigenvalue weighted by Gasteiger charge is 2.15. The quantitative estimate of drug-likeness (QED) is 0.660. The van der Waals surface area contributed by atoms with Crippen LogP contribution in [-0.2, 0) is 11.3 Å². The number of para-hydroxylation sites is 1. The molecule has 7 heteroatoms. The standard InChI is InChI=1S/C18H16F2N2O3/c1-11-21-14-8-7-12(17(23)24-2)9-15(14)22(11)10-13-5-3-4-6-16(13)25-18(19)20/h3-9,18H,10H2,1-2H3. The Morgan fingerprint density at radius 2 is 2.00 bits per heavy atom. The zero-order valence-corrected chi connectivity index (χ0v) is 13.7. The molecule has 0 unspecified atom stereocenters. The molecule has 1 heterocycles. The summed E-state index contributed by atoms with van der Waals surface area (Å²) in [4.78, 5) is 16.2. The monoisotopic (exact) mass is 346 g/mol. The Labute approximate surface area is 142 Å². The molecule has 0 fully saturated rings. The summed E-state index contributed by atoms with van der Waals surface area (Å²) < 4.78 is 36.4. The van der Waals surface area contributed by atoms with Gasteiger partial charge in [-0.15, -0.1) is 0 Å². The van der Waals surface area contributed by atoms with E-state index in [9.17, 15) is 13.6 Å². The molecule has 25 heavy (non-hydrogen) atoms. The predicted molar refractivity (Wildman–Crippen MR) is 88.0 cm³/mol. The summed E-state index contributed by atoms with van der Waals surface area (Å²) >= 11 is 0. The number of nitrogens with zero attached hydrogens (tertiary/aromatic N) is 2. The predicted octanol–water partition coefficient (Wildman–Crippen LogP) is 3.78. The third kappa shape index (κ3) is 3.45. The van der Waals surface area contributed by atoms with Gasteiger partial charge in [0.1, 0.15) is 11.6 Å². The molecule has 0 amide bonds. The van der Waals surface area contributed by atoms with Crippen LogP contribution < -0.4 is 4.74 Å². The maximum Gasteiger partial charge on any atom is 0.387 e. The van der Waals surface area contributed by atoms with Crippen molar-refractivity contribution in [3.8, 4) is 5.75 Å². The number of methoxy groups -OCH3 is 1. The Hall–Kier alpha value is -2.96. The summed E-state index contributed by atoms with van der Waals surface area (Å²) in [7, 11) is 1.31. The molecule has 5 nitrogen and oxygen atoms in total. The molecule has 3 aromatic rings. The van der Waals surface area contributed by atoms with Crippen molar-refractivity contribution in [2.45, 2.75) is 20.1 Å². The van der Waals surface area contributed by atoms with Crippen LogP contribution in [0.4, 0.5) is 8.78 Å². The Bertz CT molecular complexity index is 922. The number of carbonyl (C=O) groups is 1. The molecule has 0 saturated heterocycles. The first kappa shape index (κ1) is 16.9. The van der Waals surface area contributed by atoms with Crippen LogP contribution in [0.5, 0.6) is 5.75 Å². The van der Waals surface area contributed by atoms with Crippen molar-refractivity contribution in [3.05, 3.63) is 59.4 Å². The summed E-state index contributed by atoms with van der Waals surface area (Å²) in [6.07, 6.45) is 0. The van der Waals surface area contributed by atoms with E-state index in [1.807, 2.05) is 11.5 Å². The van der Waals surface area contributed by atoms with Gasteiger partial charge >= 0.3 is 12.6 Å². The fourth-order valence-electron chi connectivity index (χ4n) is 2.70. The molecule has 2 aromatic carbocycles. The highest BCUT2D eigenvalue weighted by molar-refractivity contribution is 5.93. The third-order valence-corrected chi connectivity index (χ3v) is 3.88. The maximum atomic E-state index is 12.6. The number of alkyl halides is 2. The second kappa shape index (κ2) is 6.88. The van der Waals surface area contributed by atoms with Crippen LogP contribution >= 0.6 is 0 Å². The van der Waals surface area contributed by atoms with E-state index in [1.165, 1.54) is 13.2 Å². The van der Waals surface area contributed by atoms with Crippen molar-refractivity contribution in [3.63, 3.8) is 0 Å². The van der Waals surface area contributed by atoms with Gasteiger partial charge in [0.2, 0.25) is 0 Å². The van der Waals surface area contributed by atoms with E-state index in [0.717, 1.165) is 0 Å². The average Bonchev–Trinajstić information content (AvgIpc) is 2.90. The van der Waals surface area contributed by atoms with E-state index in [2.05, 4.69) is 9.72 Å². The van der Waals surface area contributed by atoms with Crippen molar-refractivity contribution in [2.75, 3.05) is 7.11 Å². The number of aryl methyl sites for hydroxylation is 1. The summed E-state index contributed by atoms with van der Waals surface area (Å²) in [5.74, 6) is 0.362. The van der Waals surface area contributed by atoms with Gasteiger partial charge in [0.15, 0.2) is 0 Å². The smallest absolute Gasteiger partial charge is 0.387 e. The normalized spacial score (nSPS) is 11.1. The van der Waals surface area contributed by atoms with Gasteiger partial charge in [0.05, 0.1) is 30.3 Å². The lowest BCUT2D eigenvalue weighted by Crippen LogP contribution is -2.08. The second-order valence-electron chi connectivity index (χ2n) is 5.43. The van der Waals surface area contributed by atoms with Crippen molar-refractivity contribution in [1.82, 2.24) is 9.55 Å². The lowest BCUT2D eigenvalue weighted by molar-refractivity contribution is -0.0504. The highest BCUT2D eigenvalue weighted by Crippen LogP contribution is 2.25. The Balaban J connectivity index is 2.04. The highest BCUT2D eigenvalue weighted by atomic mass is 19.3. The number of imidazole rings is 1. The van der Waals surface area contributed by atoms with Crippen molar-refractivity contribution in [2.24, 2.45) is 0 Å². The third-order valence-electron chi connectivity index (χ3n) is 3.88. The van der Waals surface area contributed by atoms with Crippen molar-refractivity contribution in [1.29, 1.82) is 0 Å². The summed E-state index contributed by atoms with van der Waals surface area (Å²) in [6.45, 7) is -0.794. The minimum atomic E-state index is -2.90. The Kier molecular flexibility index (Phi) is 4.65. The molecule has 0 N–H and O–H groups in total. The summed E-state index contributed by atoms with van der Waals surface area (Å²) in [5.41, 5.74) is 2.41. The fraction of sp³-hybridized carbons (Fsp3) is 0.222. The zero-order chi connectivity index (χ0) is 18.0. The van der Waals surface area contributed by atoms with Gasteiger partial charge in [-0.2, -0.15) is 8.78 Å². The van der Waals surface area contributed by atoms with E-state index < -0.39 is 12.6 Å². The number of rotatable bonds is 5. The number of benzene rings is 2. The van der Waals surface area contributed by atoms with Gasteiger partial charge in [-0.3, -0.25) is 0 Å². The summed E-state index contributed by atoms with van der Waals surface area (Å²) in [5, 5.41) is 0. The van der Waals surface area contributed by atoms with Crippen LogP contribution in [-0.4, -0.2) is 29.2 Å². The number of hydrogen-bond donors (Lipinski definition) is 0. The molecule has 0 aliphatic heterocycles. The SMILES string of the molecule is COC(=O)c1ccc2nc(C)n(Cc3ccccc3OC(F)F)c2c1. The lowest BCUT2D eigenvalue weighted by atomic mass is 10.1. The molecule has 3 rings (SSSR count). The molecule has 0 aliphatic carbocycles. The topological polar surface area (TPSA) is 53.3 Å². The second-order valence-corrected chi connectivity index (χ2v) is 5.43. The minimum Gasteiger partial charge on any atom is -0.465 e. The zero-order valence-electron chi connectivity index (χ0n) is 13.7.